The monoisotopic (exact) mass is 392 g/mol. The third-order valence-electron chi connectivity index (χ3n) is 4.43. The van der Waals surface area contributed by atoms with Gasteiger partial charge in [0, 0.05) is 5.56 Å². The first kappa shape index (κ1) is 19.5. The van der Waals surface area contributed by atoms with Gasteiger partial charge in [-0.3, -0.25) is 0 Å². The first-order valence-electron chi connectivity index (χ1n) is 8.34. The number of carbonyl (C=O) groups is 2. The Hall–Kier alpha value is -4.26. The number of carboxylic acid groups (broad SMARTS) is 2. The van der Waals surface area contributed by atoms with Crippen LogP contribution < -0.4 is 0 Å². The average molecular weight is 392 g/mol. The summed E-state index contributed by atoms with van der Waals surface area (Å²) in [5.74, 6) is -3.57. The number of aliphatic hydroxyl groups is 1. The van der Waals surface area contributed by atoms with Crippen LogP contribution in [0.25, 0.3) is 28.0 Å². The zero-order valence-corrected chi connectivity index (χ0v) is 15.0. The van der Waals surface area contributed by atoms with Gasteiger partial charge in [0.05, 0.1) is 0 Å². The van der Waals surface area contributed by atoms with E-state index in [0.717, 1.165) is 0 Å². The number of carboxylic acids is 2. The van der Waals surface area contributed by atoms with Gasteiger partial charge >= 0.3 is 11.9 Å². The lowest BCUT2D eigenvalue weighted by Crippen LogP contribution is -1.98. The lowest BCUT2D eigenvalue weighted by Gasteiger charge is -2.13. The third-order valence-corrected chi connectivity index (χ3v) is 4.43. The quantitative estimate of drug-likeness (QED) is 0.407. The van der Waals surface area contributed by atoms with Crippen LogP contribution in [-0.2, 0) is 0 Å². The smallest absolute Gasteiger partial charge is 0.339 e. The van der Waals surface area contributed by atoms with Gasteiger partial charge < -0.3 is 25.5 Å². The SMILES string of the molecule is C=C(O)c1cc(-c2ccc(C(=O)O)c(O)c2)ccc1-c1ccc(C(=O)O)c(O)c1. The highest BCUT2D eigenvalue weighted by molar-refractivity contribution is 5.93. The minimum atomic E-state index is -1.26. The van der Waals surface area contributed by atoms with Crippen LogP contribution in [0.4, 0.5) is 0 Å². The van der Waals surface area contributed by atoms with Crippen LogP contribution in [0, 0.1) is 0 Å². The molecule has 7 nitrogen and oxygen atoms in total. The Balaban J connectivity index is 2.10. The van der Waals surface area contributed by atoms with Crippen LogP contribution in [0.3, 0.4) is 0 Å². The molecular weight excluding hydrogens is 376 g/mol. The fourth-order valence-corrected chi connectivity index (χ4v) is 2.99. The van der Waals surface area contributed by atoms with Crippen molar-refractivity contribution in [2.45, 2.75) is 0 Å². The molecule has 3 aromatic carbocycles. The molecule has 3 aromatic rings. The summed E-state index contributed by atoms with van der Waals surface area (Å²) in [6.07, 6.45) is 0. The number of benzene rings is 3. The van der Waals surface area contributed by atoms with Crippen LogP contribution in [0.1, 0.15) is 26.3 Å². The minimum Gasteiger partial charge on any atom is -0.508 e. The Bertz CT molecular complexity index is 1160. The molecular formula is C22H16O7. The molecule has 7 heteroatoms. The van der Waals surface area contributed by atoms with E-state index in [4.69, 9.17) is 10.2 Å². The summed E-state index contributed by atoms with van der Waals surface area (Å²) in [4.78, 5) is 22.1. The molecule has 3 rings (SSSR count). The average Bonchev–Trinajstić information content (AvgIpc) is 2.66. The molecule has 0 bridgehead atoms. The molecule has 0 spiro atoms. The maximum Gasteiger partial charge on any atom is 0.339 e. The predicted octanol–water partition coefficient (Wildman–Crippen LogP) is 4.36. The van der Waals surface area contributed by atoms with Gasteiger partial charge in [-0.15, -0.1) is 0 Å². The van der Waals surface area contributed by atoms with E-state index < -0.39 is 23.4 Å². The van der Waals surface area contributed by atoms with Crippen molar-refractivity contribution in [3.63, 3.8) is 0 Å². The molecule has 0 saturated carbocycles. The van der Waals surface area contributed by atoms with Gasteiger partial charge in [-0.2, -0.15) is 0 Å². The first-order chi connectivity index (χ1) is 13.7. The molecule has 0 heterocycles. The van der Waals surface area contributed by atoms with Crippen molar-refractivity contribution >= 4 is 17.7 Å². The molecule has 0 atom stereocenters. The highest BCUT2D eigenvalue weighted by Crippen LogP contribution is 2.35. The highest BCUT2D eigenvalue weighted by Gasteiger charge is 2.15. The second-order valence-corrected chi connectivity index (χ2v) is 6.28. The van der Waals surface area contributed by atoms with Crippen LogP contribution in [0.15, 0.2) is 61.2 Å². The van der Waals surface area contributed by atoms with Crippen molar-refractivity contribution in [1.82, 2.24) is 0 Å². The van der Waals surface area contributed by atoms with Crippen molar-refractivity contribution in [1.29, 1.82) is 0 Å². The zero-order valence-electron chi connectivity index (χ0n) is 15.0. The van der Waals surface area contributed by atoms with Crippen LogP contribution in [0.2, 0.25) is 0 Å². The van der Waals surface area contributed by atoms with Crippen molar-refractivity contribution < 1.29 is 35.1 Å². The molecule has 0 radical (unpaired) electrons. The lowest BCUT2D eigenvalue weighted by atomic mass is 9.93. The van der Waals surface area contributed by atoms with Gasteiger partial charge in [0.1, 0.15) is 28.4 Å². The van der Waals surface area contributed by atoms with E-state index in [-0.39, 0.29) is 16.9 Å². The molecule has 0 aromatic heterocycles. The second kappa shape index (κ2) is 7.40. The van der Waals surface area contributed by atoms with E-state index in [1.54, 1.807) is 18.2 Å². The Labute approximate surface area is 165 Å². The second-order valence-electron chi connectivity index (χ2n) is 6.28. The van der Waals surface area contributed by atoms with Crippen molar-refractivity contribution in [2.75, 3.05) is 0 Å². The van der Waals surface area contributed by atoms with Crippen LogP contribution >= 0.6 is 0 Å². The van der Waals surface area contributed by atoms with E-state index in [0.29, 0.717) is 27.8 Å². The molecule has 0 fully saturated rings. The molecule has 5 N–H and O–H groups in total. The van der Waals surface area contributed by atoms with E-state index in [2.05, 4.69) is 6.58 Å². The van der Waals surface area contributed by atoms with E-state index >= 15 is 0 Å². The van der Waals surface area contributed by atoms with Gasteiger partial charge in [0.25, 0.3) is 0 Å². The maximum absolute atomic E-state index is 11.1. The summed E-state index contributed by atoms with van der Waals surface area (Å²) in [7, 11) is 0. The van der Waals surface area contributed by atoms with E-state index in [1.165, 1.54) is 36.4 Å². The Morgan fingerprint density at radius 3 is 1.55 bits per heavy atom. The fraction of sp³-hybridized carbons (Fsp3) is 0. The molecule has 0 aliphatic carbocycles. The Kier molecular flexibility index (Phi) is 4.97. The van der Waals surface area contributed by atoms with Gasteiger partial charge in [-0.1, -0.05) is 30.8 Å². The number of aliphatic hydroxyl groups excluding tert-OH is 1. The number of hydrogen-bond donors (Lipinski definition) is 5. The highest BCUT2D eigenvalue weighted by atomic mass is 16.4. The molecule has 0 amide bonds. The number of aromatic hydroxyl groups is 2. The summed E-state index contributed by atoms with van der Waals surface area (Å²) < 4.78 is 0. The largest absolute Gasteiger partial charge is 0.508 e. The van der Waals surface area contributed by atoms with Crippen molar-refractivity contribution in [3.05, 3.63) is 77.9 Å². The minimum absolute atomic E-state index is 0.230. The number of phenols is 2. The lowest BCUT2D eigenvalue weighted by molar-refractivity contribution is 0.0682. The summed E-state index contributed by atoms with van der Waals surface area (Å²) in [6, 6.07) is 13.0. The van der Waals surface area contributed by atoms with E-state index in [9.17, 15) is 24.9 Å². The van der Waals surface area contributed by atoms with Crippen LogP contribution in [0.5, 0.6) is 11.5 Å². The molecule has 0 aliphatic rings. The van der Waals surface area contributed by atoms with Crippen molar-refractivity contribution in [3.8, 4) is 33.8 Å². The standard InChI is InChI=1S/C22H16O7/c1-11(23)18-8-12(13-3-6-16(21(26)27)19(24)9-13)2-5-15(18)14-4-7-17(22(28)29)20(25)10-14/h2-10,23-25H,1H2,(H,26,27)(H,28,29). The Morgan fingerprint density at radius 2 is 1.07 bits per heavy atom. The van der Waals surface area contributed by atoms with Gasteiger partial charge in [0.2, 0.25) is 0 Å². The summed E-state index contributed by atoms with van der Waals surface area (Å²) in [6.45, 7) is 3.54. The molecule has 0 unspecified atom stereocenters. The predicted molar refractivity (Wildman–Crippen MR) is 106 cm³/mol. The first-order valence-corrected chi connectivity index (χ1v) is 8.34. The Morgan fingerprint density at radius 1 is 0.621 bits per heavy atom. The topological polar surface area (TPSA) is 135 Å². The zero-order chi connectivity index (χ0) is 21.3. The van der Waals surface area contributed by atoms with E-state index in [1.807, 2.05) is 0 Å². The molecule has 0 aliphatic heterocycles. The number of hydrogen-bond acceptors (Lipinski definition) is 5. The van der Waals surface area contributed by atoms with Crippen molar-refractivity contribution in [2.24, 2.45) is 0 Å². The summed E-state index contributed by atoms with van der Waals surface area (Å²) in [5.41, 5.74) is 1.91. The summed E-state index contributed by atoms with van der Waals surface area (Å²) in [5, 5.41) is 48.0. The molecule has 146 valence electrons. The summed E-state index contributed by atoms with van der Waals surface area (Å²) >= 11 is 0. The number of rotatable bonds is 5. The van der Waals surface area contributed by atoms with Crippen LogP contribution in [-0.4, -0.2) is 37.5 Å². The normalized spacial score (nSPS) is 10.5. The third kappa shape index (κ3) is 3.74. The molecule has 0 saturated heterocycles. The van der Waals surface area contributed by atoms with Gasteiger partial charge in [0.15, 0.2) is 0 Å². The molecule has 29 heavy (non-hydrogen) atoms. The van der Waals surface area contributed by atoms with Gasteiger partial charge in [-0.05, 0) is 52.6 Å². The number of aromatic carboxylic acids is 2. The van der Waals surface area contributed by atoms with Gasteiger partial charge in [-0.25, -0.2) is 9.59 Å². The maximum atomic E-state index is 11.1. The fourth-order valence-electron chi connectivity index (χ4n) is 2.99.